The summed E-state index contributed by atoms with van der Waals surface area (Å²) in [5.74, 6) is -4.19. The summed E-state index contributed by atoms with van der Waals surface area (Å²) in [6.07, 6.45) is -3.93. The van der Waals surface area contributed by atoms with Crippen molar-refractivity contribution in [3.05, 3.63) is 17.5 Å². The molecular formula is C12H18F4N2O2. The summed E-state index contributed by atoms with van der Waals surface area (Å²) < 4.78 is 54.9. The van der Waals surface area contributed by atoms with Gasteiger partial charge in [-0.15, -0.1) is 0 Å². The molecule has 0 saturated carbocycles. The Bertz CT molecular complexity index is 424. The smallest absolute Gasteiger partial charge is 0.330 e. The van der Waals surface area contributed by atoms with Crippen LogP contribution in [0.2, 0.25) is 0 Å². The average Bonchev–Trinajstić information content (AvgIpc) is 2.69. The molecule has 20 heavy (non-hydrogen) atoms. The lowest BCUT2D eigenvalue weighted by molar-refractivity contribution is -0.170. The van der Waals surface area contributed by atoms with Crippen molar-refractivity contribution in [3.8, 4) is 0 Å². The molecule has 0 radical (unpaired) electrons. The highest BCUT2D eigenvalue weighted by atomic mass is 19.3. The normalized spacial score (nSPS) is 14.0. The molecular weight excluding hydrogens is 280 g/mol. The van der Waals surface area contributed by atoms with Gasteiger partial charge in [0.15, 0.2) is 0 Å². The molecule has 1 unspecified atom stereocenters. The van der Waals surface area contributed by atoms with Gasteiger partial charge in [-0.1, -0.05) is 6.92 Å². The van der Waals surface area contributed by atoms with Crippen molar-refractivity contribution in [2.24, 2.45) is 7.05 Å². The molecule has 1 aromatic heterocycles. The maximum absolute atomic E-state index is 12.6. The third-order valence-corrected chi connectivity index (χ3v) is 2.76. The van der Waals surface area contributed by atoms with Gasteiger partial charge in [-0.05, 0) is 12.5 Å². The lowest BCUT2D eigenvalue weighted by atomic mass is 10.2. The van der Waals surface area contributed by atoms with Gasteiger partial charge in [0, 0.05) is 19.2 Å². The first-order valence-electron chi connectivity index (χ1n) is 6.19. The molecule has 1 atom stereocenters. The van der Waals surface area contributed by atoms with E-state index in [1.54, 1.807) is 17.8 Å². The van der Waals surface area contributed by atoms with Crippen LogP contribution in [0.15, 0.2) is 6.07 Å². The molecule has 1 heterocycles. The maximum atomic E-state index is 12.6. The van der Waals surface area contributed by atoms with Gasteiger partial charge in [-0.25, -0.2) is 8.78 Å². The van der Waals surface area contributed by atoms with Gasteiger partial charge in [0.05, 0.1) is 18.4 Å². The summed E-state index contributed by atoms with van der Waals surface area (Å²) in [6.45, 7) is 0.0837. The third kappa shape index (κ3) is 4.75. The second-order valence-electron chi connectivity index (χ2n) is 4.54. The van der Waals surface area contributed by atoms with Crippen LogP contribution in [0.3, 0.4) is 0 Å². The maximum Gasteiger partial charge on any atom is 0.330 e. The van der Waals surface area contributed by atoms with Crippen LogP contribution in [-0.4, -0.2) is 46.6 Å². The van der Waals surface area contributed by atoms with E-state index in [2.05, 4.69) is 9.84 Å². The summed E-state index contributed by atoms with van der Waals surface area (Å²) in [4.78, 5) is 0. The first kappa shape index (κ1) is 16.9. The van der Waals surface area contributed by atoms with Gasteiger partial charge in [0.1, 0.15) is 6.61 Å². The Hall–Kier alpha value is -1.15. The van der Waals surface area contributed by atoms with E-state index in [0.717, 1.165) is 17.8 Å². The first-order valence-corrected chi connectivity index (χ1v) is 6.19. The molecule has 0 saturated heterocycles. The molecule has 1 rings (SSSR count). The monoisotopic (exact) mass is 298 g/mol. The number of alkyl halides is 4. The molecule has 0 aliphatic carbocycles. The highest BCUT2D eigenvalue weighted by molar-refractivity contribution is 5.11. The van der Waals surface area contributed by atoms with E-state index in [1.165, 1.54) is 0 Å². The zero-order chi connectivity index (χ0) is 15.3. The second kappa shape index (κ2) is 7.03. The number of hydrogen-bond donors (Lipinski definition) is 1. The van der Waals surface area contributed by atoms with Gasteiger partial charge in [-0.2, -0.15) is 13.9 Å². The van der Waals surface area contributed by atoms with Crippen LogP contribution >= 0.6 is 0 Å². The number of halogens is 4. The third-order valence-electron chi connectivity index (χ3n) is 2.76. The quantitative estimate of drug-likeness (QED) is 0.745. The first-order chi connectivity index (χ1) is 9.26. The Morgan fingerprint density at radius 1 is 1.45 bits per heavy atom. The van der Waals surface area contributed by atoms with E-state index in [0.29, 0.717) is 0 Å². The van der Waals surface area contributed by atoms with Crippen molar-refractivity contribution < 1.29 is 27.4 Å². The van der Waals surface area contributed by atoms with Crippen LogP contribution in [0.4, 0.5) is 17.6 Å². The summed E-state index contributed by atoms with van der Waals surface area (Å²) >= 11 is 0. The minimum absolute atomic E-state index is 0.156. The molecule has 8 heteroatoms. The Morgan fingerprint density at radius 3 is 2.60 bits per heavy atom. The SMILES string of the molecule is CCc1cc(CC(O)COCC(F)(F)C(F)F)n(C)n1. The number of aromatic nitrogens is 2. The van der Waals surface area contributed by atoms with Crippen molar-refractivity contribution in [1.82, 2.24) is 9.78 Å². The second-order valence-corrected chi connectivity index (χ2v) is 4.54. The number of aryl methyl sites for hydroxylation is 2. The highest BCUT2D eigenvalue weighted by Gasteiger charge is 2.41. The number of ether oxygens (including phenoxy) is 1. The Morgan fingerprint density at radius 2 is 2.10 bits per heavy atom. The fourth-order valence-electron chi connectivity index (χ4n) is 1.63. The predicted molar refractivity (Wildman–Crippen MR) is 64.1 cm³/mol. The van der Waals surface area contributed by atoms with Gasteiger partial charge in [0.2, 0.25) is 0 Å². The van der Waals surface area contributed by atoms with Crippen molar-refractivity contribution in [3.63, 3.8) is 0 Å². The van der Waals surface area contributed by atoms with Gasteiger partial charge in [0.25, 0.3) is 0 Å². The fraction of sp³-hybridized carbons (Fsp3) is 0.750. The number of hydrogen-bond acceptors (Lipinski definition) is 3. The fourth-order valence-corrected chi connectivity index (χ4v) is 1.63. The van der Waals surface area contributed by atoms with E-state index in [1.807, 2.05) is 6.92 Å². The van der Waals surface area contributed by atoms with E-state index in [4.69, 9.17) is 0 Å². The molecule has 0 bridgehead atoms. The molecule has 0 fully saturated rings. The zero-order valence-corrected chi connectivity index (χ0v) is 11.3. The molecule has 0 aromatic carbocycles. The number of rotatable bonds is 8. The molecule has 1 N–H and O–H groups in total. The largest absolute Gasteiger partial charge is 0.390 e. The highest BCUT2D eigenvalue weighted by Crippen LogP contribution is 2.22. The molecule has 116 valence electrons. The van der Waals surface area contributed by atoms with Crippen LogP contribution in [-0.2, 0) is 24.6 Å². The number of aliphatic hydroxyl groups is 1. The Labute approximate surface area is 114 Å². The molecule has 0 aliphatic heterocycles. The van der Waals surface area contributed by atoms with Gasteiger partial charge >= 0.3 is 12.3 Å². The van der Waals surface area contributed by atoms with Gasteiger partial charge < -0.3 is 9.84 Å². The van der Waals surface area contributed by atoms with E-state index < -0.39 is 31.7 Å². The summed E-state index contributed by atoms with van der Waals surface area (Å²) in [5, 5.41) is 13.8. The Balaban J connectivity index is 2.40. The van der Waals surface area contributed by atoms with Crippen LogP contribution < -0.4 is 0 Å². The van der Waals surface area contributed by atoms with E-state index in [9.17, 15) is 22.7 Å². The lowest BCUT2D eigenvalue weighted by Gasteiger charge is -2.17. The molecule has 0 amide bonds. The van der Waals surface area contributed by atoms with Crippen LogP contribution in [0.5, 0.6) is 0 Å². The average molecular weight is 298 g/mol. The number of aliphatic hydroxyl groups excluding tert-OH is 1. The topological polar surface area (TPSA) is 47.3 Å². The van der Waals surface area contributed by atoms with Gasteiger partial charge in [-0.3, -0.25) is 4.68 Å². The zero-order valence-electron chi connectivity index (χ0n) is 11.3. The van der Waals surface area contributed by atoms with E-state index >= 15 is 0 Å². The summed E-state index contributed by atoms with van der Waals surface area (Å²) in [5.41, 5.74) is 1.57. The summed E-state index contributed by atoms with van der Waals surface area (Å²) in [6, 6.07) is 1.79. The van der Waals surface area contributed by atoms with Crippen LogP contribution in [0.1, 0.15) is 18.3 Å². The molecule has 0 spiro atoms. The lowest BCUT2D eigenvalue weighted by Crippen LogP contribution is -2.34. The minimum Gasteiger partial charge on any atom is -0.390 e. The van der Waals surface area contributed by atoms with Crippen molar-refractivity contribution in [1.29, 1.82) is 0 Å². The van der Waals surface area contributed by atoms with Crippen LogP contribution in [0, 0.1) is 0 Å². The molecule has 4 nitrogen and oxygen atoms in total. The number of nitrogens with zero attached hydrogens (tertiary/aromatic N) is 2. The van der Waals surface area contributed by atoms with Crippen molar-refractivity contribution >= 4 is 0 Å². The van der Waals surface area contributed by atoms with Crippen LogP contribution in [0.25, 0.3) is 0 Å². The predicted octanol–water partition coefficient (Wildman–Crippen LogP) is 1.80. The molecule has 1 aromatic rings. The minimum atomic E-state index is -4.19. The standard InChI is InChI=1S/C12H18F4N2O2/c1-3-8-4-9(18(2)17-8)5-10(19)6-20-7-12(15,16)11(13)14/h4,10-11,19H,3,5-7H2,1-2H3. The van der Waals surface area contributed by atoms with Crippen molar-refractivity contribution in [2.45, 2.75) is 38.2 Å². The molecule has 0 aliphatic rings. The van der Waals surface area contributed by atoms with E-state index in [-0.39, 0.29) is 6.42 Å². The van der Waals surface area contributed by atoms with Crippen molar-refractivity contribution in [2.75, 3.05) is 13.2 Å². The Kier molecular flexibility index (Phi) is 5.94. The summed E-state index contributed by atoms with van der Waals surface area (Å²) in [7, 11) is 1.70.